The molecule has 1 aliphatic rings. The summed E-state index contributed by atoms with van der Waals surface area (Å²) in [5.74, 6) is 0.127. The quantitative estimate of drug-likeness (QED) is 0.909. The van der Waals surface area contributed by atoms with E-state index in [-0.39, 0.29) is 5.91 Å². The van der Waals surface area contributed by atoms with Gasteiger partial charge >= 0.3 is 0 Å². The minimum Gasteiger partial charge on any atom is -0.353 e. The molecule has 106 valence electrons. The Morgan fingerprint density at radius 3 is 2.63 bits per heavy atom. The lowest BCUT2D eigenvalue weighted by molar-refractivity contribution is -0.121. The summed E-state index contributed by atoms with van der Waals surface area (Å²) in [7, 11) is 1.92. The smallest absolute Gasteiger partial charge is 0.224 e. The molecule has 1 aliphatic carbocycles. The number of aromatic nitrogens is 2. The molecule has 1 saturated carbocycles. The number of aryl methyl sites for hydroxylation is 2. The van der Waals surface area contributed by atoms with E-state index in [2.05, 4.69) is 24.3 Å². The number of nitrogens with one attached hydrogen (secondary N) is 1. The van der Waals surface area contributed by atoms with Gasteiger partial charge in [-0.05, 0) is 38.5 Å². The SMILES string of the molecule is Cc1nn(C)c(C)c1CC(=O)NC1CCC(C)(C)C1. The molecule has 1 N–H and O–H groups in total. The molecule has 4 heteroatoms. The molecule has 0 aliphatic heterocycles. The van der Waals surface area contributed by atoms with Gasteiger partial charge in [-0.3, -0.25) is 9.48 Å². The number of carbonyl (C=O) groups excluding carboxylic acids is 1. The van der Waals surface area contributed by atoms with Crippen LogP contribution in [0.5, 0.6) is 0 Å². The normalized spacial score (nSPS) is 21.6. The van der Waals surface area contributed by atoms with Gasteiger partial charge in [0.1, 0.15) is 0 Å². The van der Waals surface area contributed by atoms with E-state index >= 15 is 0 Å². The fourth-order valence-corrected chi connectivity index (χ4v) is 3.07. The van der Waals surface area contributed by atoms with Crippen LogP contribution in [0.3, 0.4) is 0 Å². The third kappa shape index (κ3) is 3.17. The third-order valence-electron chi connectivity index (χ3n) is 4.33. The monoisotopic (exact) mass is 263 g/mol. The summed E-state index contributed by atoms with van der Waals surface area (Å²) in [6.45, 7) is 8.53. The molecule has 0 aromatic carbocycles. The minimum atomic E-state index is 0.127. The van der Waals surface area contributed by atoms with Crippen LogP contribution >= 0.6 is 0 Å². The predicted molar refractivity (Wildman–Crippen MR) is 75.9 cm³/mol. The molecule has 0 spiro atoms. The Kier molecular flexibility index (Phi) is 3.70. The van der Waals surface area contributed by atoms with Gasteiger partial charge in [-0.25, -0.2) is 0 Å². The summed E-state index contributed by atoms with van der Waals surface area (Å²) in [5.41, 5.74) is 3.48. The molecule has 19 heavy (non-hydrogen) atoms. The highest BCUT2D eigenvalue weighted by molar-refractivity contribution is 5.79. The van der Waals surface area contributed by atoms with Gasteiger partial charge in [-0.1, -0.05) is 13.8 Å². The summed E-state index contributed by atoms with van der Waals surface area (Å²) in [6, 6.07) is 0.347. The summed E-state index contributed by atoms with van der Waals surface area (Å²) in [5, 5.41) is 7.53. The molecule has 1 aromatic heterocycles. The highest BCUT2D eigenvalue weighted by atomic mass is 16.1. The summed E-state index contributed by atoms with van der Waals surface area (Å²) < 4.78 is 1.84. The van der Waals surface area contributed by atoms with Crippen LogP contribution in [0.15, 0.2) is 0 Å². The number of hydrogen-bond acceptors (Lipinski definition) is 2. The van der Waals surface area contributed by atoms with Gasteiger partial charge in [-0.2, -0.15) is 5.10 Å². The van der Waals surface area contributed by atoms with Crippen LogP contribution in [0.1, 0.15) is 50.1 Å². The fraction of sp³-hybridized carbons (Fsp3) is 0.733. The Morgan fingerprint density at radius 2 is 2.16 bits per heavy atom. The van der Waals surface area contributed by atoms with Gasteiger partial charge in [-0.15, -0.1) is 0 Å². The average Bonchev–Trinajstić information content (AvgIpc) is 2.74. The molecule has 0 radical (unpaired) electrons. The largest absolute Gasteiger partial charge is 0.353 e. The molecule has 1 heterocycles. The van der Waals surface area contributed by atoms with E-state index in [1.54, 1.807) is 0 Å². The number of hydrogen-bond donors (Lipinski definition) is 1. The molecule has 0 saturated heterocycles. The maximum absolute atomic E-state index is 12.1. The maximum Gasteiger partial charge on any atom is 0.224 e. The first-order valence-electron chi connectivity index (χ1n) is 7.07. The molecule has 1 fully saturated rings. The Labute approximate surface area is 115 Å². The van der Waals surface area contributed by atoms with E-state index in [1.807, 2.05) is 25.6 Å². The van der Waals surface area contributed by atoms with Crippen molar-refractivity contribution in [3.8, 4) is 0 Å². The standard InChI is InChI=1S/C15H25N3O/c1-10-13(11(2)18(5)17-10)8-14(19)16-12-6-7-15(3,4)9-12/h12H,6-9H2,1-5H3,(H,16,19). The second kappa shape index (κ2) is 4.99. The van der Waals surface area contributed by atoms with Crippen LogP contribution in [0, 0.1) is 19.3 Å². The lowest BCUT2D eigenvalue weighted by atomic mass is 9.92. The lowest BCUT2D eigenvalue weighted by Crippen LogP contribution is -2.34. The zero-order chi connectivity index (χ0) is 14.2. The van der Waals surface area contributed by atoms with E-state index in [1.165, 1.54) is 6.42 Å². The van der Waals surface area contributed by atoms with Gasteiger partial charge in [0.15, 0.2) is 0 Å². The fourth-order valence-electron chi connectivity index (χ4n) is 3.07. The molecule has 0 bridgehead atoms. The van der Waals surface area contributed by atoms with Crippen molar-refractivity contribution in [1.29, 1.82) is 0 Å². The molecule has 2 rings (SSSR count). The highest BCUT2D eigenvalue weighted by Crippen LogP contribution is 2.36. The number of nitrogens with zero attached hydrogens (tertiary/aromatic N) is 2. The van der Waals surface area contributed by atoms with E-state index in [4.69, 9.17) is 0 Å². The van der Waals surface area contributed by atoms with Crippen LogP contribution in [-0.2, 0) is 18.3 Å². The Hall–Kier alpha value is -1.32. The Balaban J connectivity index is 1.95. The molecule has 1 amide bonds. The van der Waals surface area contributed by atoms with Crippen molar-refractivity contribution in [3.05, 3.63) is 17.0 Å². The predicted octanol–water partition coefficient (Wildman–Crippen LogP) is 2.27. The van der Waals surface area contributed by atoms with Gasteiger partial charge in [0, 0.05) is 24.3 Å². The van der Waals surface area contributed by atoms with Crippen LogP contribution in [0.4, 0.5) is 0 Å². The maximum atomic E-state index is 12.1. The first-order chi connectivity index (χ1) is 8.78. The number of rotatable bonds is 3. The van der Waals surface area contributed by atoms with Crippen molar-refractivity contribution in [1.82, 2.24) is 15.1 Å². The van der Waals surface area contributed by atoms with E-state index in [9.17, 15) is 4.79 Å². The Morgan fingerprint density at radius 1 is 1.47 bits per heavy atom. The molecule has 1 atom stereocenters. The zero-order valence-corrected chi connectivity index (χ0v) is 12.7. The molecule has 4 nitrogen and oxygen atoms in total. The van der Waals surface area contributed by atoms with Crippen LogP contribution < -0.4 is 5.32 Å². The Bertz CT molecular complexity index is 488. The van der Waals surface area contributed by atoms with Crippen molar-refractivity contribution in [2.45, 2.75) is 59.4 Å². The van der Waals surface area contributed by atoms with Crippen LogP contribution in [-0.4, -0.2) is 21.7 Å². The molecular formula is C15H25N3O. The molecular weight excluding hydrogens is 238 g/mol. The average molecular weight is 263 g/mol. The second-order valence-electron chi connectivity index (χ2n) is 6.62. The lowest BCUT2D eigenvalue weighted by Gasteiger charge is -2.17. The summed E-state index contributed by atoms with van der Waals surface area (Å²) in [6.07, 6.45) is 3.83. The van der Waals surface area contributed by atoms with Crippen molar-refractivity contribution in [3.63, 3.8) is 0 Å². The first kappa shape index (κ1) is 14.1. The zero-order valence-electron chi connectivity index (χ0n) is 12.7. The molecule has 1 unspecified atom stereocenters. The highest BCUT2D eigenvalue weighted by Gasteiger charge is 2.31. The third-order valence-corrected chi connectivity index (χ3v) is 4.33. The first-order valence-corrected chi connectivity index (χ1v) is 7.07. The van der Waals surface area contributed by atoms with Crippen molar-refractivity contribution < 1.29 is 4.79 Å². The topological polar surface area (TPSA) is 46.9 Å². The van der Waals surface area contributed by atoms with Gasteiger partial charge in [0.2, 0.25) is 5.91 Å². The second-order valence-corrected chi connectivity index (χ2v) is 6.62. The summed E-state index contributed by atoms with van der Waals surface area (Å²) >= 11 is 0. The number of amides is 1. The van der Waals surface area contributed by atoms with Crippen LogP contribution in [0.25, 0.3) is 0 Å². The van der Waals surface area contributed by atoms with E-state index in [0.717, 1.165) is 29.8 Å². The van der Waals surface area contributed by atoms with E-state index < -0.39 is 0 Å². The van der Waals surface area contributed by atoms with Gasteiger partial charge in [0.05, 0.1) is 12.1 Å². The van der Waals surface area contributed by atoms with Crippen molar-refractivity contribution >= 4 is 5.91 Å². The van der Waals surface area contributed by atoms with E-state index in [0.29, 0.717) is 17.9 Å². The minimum absolute atomic E-state index is 0.127. The number of carbonyl (C=O) groups is 1. The van der Waals surface area contributed by atoms with Gasteiger partial charge < -0.3 is 5.32 Å². The van der Waals surface area contributed by atoms with Gasteiger partial charge in [0.25, 0.3) is 0 Å². The molecule has 1 aromatic rings. The summed E-state index contributed by atoms with van der Waals surface area (Å²) in [4.78, 5) is 12.1. The van der Waals surface area contributed by atoms with Crippen molar-refractivity contribution in [2.24, 2.45) is 12.5 Å². The van der Waals surface area contributed by atoms with Crippen LogP contribution in [0.2, 0.25) is 0 Å². The van der Waals surface area contributed by atoms with Crippen molar-refractivity contribution in [2.75, 3.05) is 0 Å².